The number of pyridine rings is 2. The largest absolute Gasteiger partial charge is 0.495 e. The van der Waals surface area contributed by atoms with Crippen molar-refractivity contribution in [2.75, 3.05) is 30.4 Å². The molecule has 1 saturated heterocycles. The van der Waals surface area contributed by atoms with Gasteiger partial charge in [0, 0.05) is 41.5 Å². The van der Waals surface area contributed by atoms with E-state index in [1.54, 1.807) is 43.8 Å². The number of aromatic nitrogens is 2. The van der Waals surface area contributed by atoms with Crippen LogP contribution in [-0.2, 0) is 6.61 Å². The van der Waals surface area contributed by atoms with E-state index in [2.05, 4.69) is 25.5 Å². The van der Waals surface area contributed by atoms with Gasteiger partial charge < -0.3 is 25.4 Å². The van der Waals surface area contributed by atoms with Gasteiger partial charge in [-0.05, 0) is 55.0 Å². The summed E-state index contributed by atoms with van der Waals surface area (Å²) in [4.78, 5) is 23.8. The number of carbonyl (C=O) groups is 1. The zero-order valence-electron chi connectivity index (χ0n) is 18.2. The number of hydrogen-bond acceptors (Lipinski definition) is 6. The predicted molar refractivity (Wildman–Crippen MR) is 128 cm³/mol. The quantitative estimate of drug-likeness (QED) is 0.509. The van der Waals surface area contributed by atoms with Crippen molar-refractivity contribution < 1.29 is 14.6 Å². The molecule has 0 bridgehead atoms. The average Bonchev–Trinajstić information content (AvgIpc) is 2.86. The molecule has 0 radical (unpaired) electrons. The molecule has 8 nitrogen and oxygen atoms in total. The number of methoxy groups -OCH3 is 1. The van der Waals surface area contributed by atoms with Crippen LogP contribution >= 0.6 is 11.6 Å². The maximum Gasteiger partial charge on any atom is 0.319 e. The standard InChI is InChI=1S/C24H26ClN5O3/c1-33-20-8-9-22(27-13-20)21-14-30(19-7-6-18(15-31)26-12-19)11-10-23(21)29-24(32)28-17-4-2-16(25)3-5-17/h2-9,12-13,21,23,31H,10-11,14-15H2,1H3,(H2,28,29,32)/t21-,23+/m0/s1. The predicted octanol–water partition coefficient (Wildman–Crippen LogP) is 3.82. The lowest BCUT2D eigenvalue weighted by Gasteiger charge is -2.39. The van der Waals surface area contributed by atoms with E-state index in [1.807, 2.05) is 24.3 Å². The first-order chi connectivity index (χ1) is 16.1. The molecule has 4 rings (SSSR count). The first kappa shape index (κ1) is 22.8. The van der Waals surface area contributed by atoms with E-state index in [9.17, 15) is 9.90 Å². The lowest BCUT2D eigenvalue weighted by atomic mass is 9.88. The van der Waals surface area contributed by atoms with Crippen molar-refractivity contribution in [3.8, 4) is 5.75 Å². The minimum absolute atomic E-state index is 0.0434. The molecule has 3 heterocycles. The first-order valence-corrected chi connectivity index (χ1v) is 11.1. The van der Waals surface area contributed by atoms with Gasteiger partial charge in [0.1, 0.15) is 5.75 Å². The molecule has 1 fully saturated rings. The lowest BCUT2D eigenvalue weighted by molar-refractivity contribution is 0.243. The molecule has 1 aromatic carbocycles. The molecular weight excluding hydrogens is 442 g/mol. The molecule has 1 aliphatic heterocycles. The number of piperidine rings is 1. The first-order valence-electron chi connectivity index (χ1n) is 10.7. The third-order valence-electron chi connectivity index (χ3n) is 5.74. The summed E-state index contributed by atoms with van der Waals surface area (Å²) in [6.07, 6.45) is 4.19. The van der Waals surface area contributed by atoms with Crippen LogP contribution in [0, 0.1) is 0 Å². The van der Waals surface area contributed by atoms with Crippen LogP contribution in [0.1, 0.15) is 23.7 Å². The fourth-order valence-corrected chi connectivity index (χ4v) is 4.08. The number of ether oxygens (including phenoxy) is 1. The van der Waals surface area contributed by atoms with Gasteiger partial charge in [-0.15, -0.1) is 0 Å². The second kappa shape index (κ2) is 10.5. The number of aliphatic hydroxyl groups excluding tert-OH is 1. The van der Waals surface area contributed by atoms with Gasteiger partial charge in [0.25, 0.3) is 0 Å². The number of hydrogen-bond donors (Lipinski definition) is 3. The molecule has 0 aliphatic carbocycles. The molecule has 2 aromatic heterocycles. The number of nitrogens with one attached hydrogen (secondary N) is 2. The molecule has 0 spiro atoms. The van der Waals surface area contributed by atoms with E-state index in [1.165, 1.54) is 0 Å². The van der Waals surface area contributed by atoms with Crippen molar-refractivity contribution in [3.05, 3.63) is 77.3 Å². The Labute approximate surface area is 197 Å². The number of carbonyl (C=O) groups excluding carboxylic acids is 1. The van der Waals surface area contributed by atoms with Crippen LogP contribution in [0.2, 0.25) is 5.02 Å². The smallest absolute Gasteiger partial charge is 0.319 e. The van der Waals surface area contributed by atoms with Gasteiger partial charge in [0.05, 0.1) is 37.5 Å². The van der Waals surface area contributed by atoms with Crippen LogP contribution in [0.3, 0.4) is 0 Å². The van der Waals surface area contributed by atoms with Crippen molar-refractivity contribution >= 4 is 29.0 Å². The third kappa shape index (κ3) is 5.71. The zero-order chi connectivity index (χ0) is 23.2. The Morgan fingerprint density at radius 1 is 1.15 bits per heavy atom. The van der Waals surface area contributed by atoms with Crippen LogP contribution < -0.4 is 20.3 Å². The van der Waals surface area contributed by atoms with E-state index in [0.29, 0.717) is 28.7 Å². The third-order valence-corrected chi connectivity index (χ3v) is 5.99. The van der Waals surface area contributed by atoms with Crippen molar-refractivity contribution in [2.24, 2.45) is 0 Å². The van der Waals surface area contributed by atoms with Crippen LogP contribution in [0.15, 0.2) is 60.9 Å². The van der Waals surface area contributed by atoms with Crippen LogP contribution in [0.4, 0.5) is 16.2 Å². The molecule has 0 unspecified atom stereocenters. The summed E-state index contributed by atoms with van der Waals surface area (Å²) in [5.74, 6) is 0.637. The Bertz CT molecular complexity index is 1060. The Kier molecular flexibility index (Phi) is 7.26. The number of rotatable bonds is 6. The number of aliphatic hydroxyl groups is 1. The van der Waals surface area contributed by atoms with Crippen LogP contribution in [0.25, 0.3) is 0 Å². The highest BCUT2D eigenvalue weighted by atomic mass is 35.5. The normalized spacial score (nSPS) is 18.0. The van der Waals surface area contributed by atoms with Gasteiger partial charge in [-0.2, -0.15) is 0 Å². The Morgan fingerprint density at radius 2 is 1.97 bits per heavy atom. The molecule has 3 N–H and O–H groups in total. The van der Waals surface area contributed by atoms with Gasteiger partial charge >= 0.3 is 6.03 Å². The van der Waals surface area contributed by atoms with Crippen molar-refractivity contribution in [1.29, 1.82) is 0 Å². The summed E-state index contributed by atoms with van der Waals surface area (Å²) in [5.41, 5.74) is 3.14. The van der Waals surface area contributed by atoms with Gasteiger partial charge in [-0.3, -0.25) is 9.97 Å². The second-order valence-corrected chi connectivity index (χ2v) is 8.28. The molecule has 2 amide bonds. The summed E-state index contributed by atoms with van der Waals surface area (Å²) in [7, 11) is 1.60. The molecule has 1 aliphatic rings. The van der Waals surface area contributed by atoms with Crippen molar-refractivity contribution in [3.63, 3.8) is 0 Å². The minimum atomic E-state index is -0.275. The summed E-state index contributed by atoms with van der Waals surface area (Å²) in [6, 6.07) is 14.2. The number of benzene rings is 1. The number of halogens is 1. The molecule has 2 atom stereocenters. The second-order valence-electron chi connectivity index (χ2n) is 7.84. The fraction of sp³-hybridized carbons (Fsp3) is 0.292. The van der Waals surface area contributed by atoms with E-state index >= 15 is 0 Å². The number of urea groups is 1. The molecule has 9 heteroatoms. The minimum Gasteiger partial charge on any atom is -0.495 e. The van der Waals surface area contributed by atoms with Crippen molar-refractivity contribution in [2.45, 2.75) is 25.0 Å². The van der Waals surface area contributed by atoms with E-state index < -0.39 is 0 Å². The fourth-order valence-electron chi connectivity index (χ4n) is 3.96. The van der Waals surface area contributed by atoms with Gasteiger partial charge in [0.2, 0.25) is 0 Å². The topological polar surface area (TPSA) is 99.6 Å². The number of nitrogens with zero attached hydrogens (tertiary/aromatic N) is 3. The Morgan fingerprint density at radius 3 is 2.61 bits per heavy atom. The average molecular weight is 468 g/mol. The summed E-state index contributed by atoms with van der Waals surface area (Å²) >= 11 is 5.93. The maximum atomic E-state index is 12.7. The summed E-state index contributed by atoms with van der Waals surface area (Å²) < 4.78 is 5.24. The lowest BCUT2D eigenvalue weighted by Crippen LogP contribution is -2.51. The highest BCUT2D eigenvalue weighted by molar-refractivity contribution is 6.30. The van der Waals surface area contributed by atoms with E-state index in [-0.39, 0.29) is 24.6 Å². The molecule has 0 saturated carbocycles. The maximum absolute atomic E-state index is 12.7. The molecule has 3 aromatic rings. The Balaban J connectivity index is 1.51. The SMILES string of the molecule is COc1ccc([C@@H]2CN(c3ccc(CO)nc3)CC[C@H]2NC(=O)Nc2ccc(Cl)cc2)nc1. The zero-order valence-corrected chi connectivity index (χ0v) is 19.0. The van der Waals surface area contributed by atoms with Crippen LogP contribution in [0.5, 0.6) is 5.75 Å². The van der Waals surface area contributed by atoms with Crippen molar-refractivity contribution in [1.82, 2.24) is 15.3 Å². The number of amides is 2. The number of anilines is 2. The highest BCUT2D eigenvalue weighted by Gasteiger charge is 2.33. The molecular formula is C24H26ClN5O3. The van der Waals surface area contributed by atoms with E-state index in [0.717, 1.165) is 24.3 Å². The molecule has 172 valence electrons. The Hall–Kier alpha value is -3.36. The van der Waals surface area contributed by atoms with Gasteiger partial charge in [-0.1, -0.05) is 11.6 Å². The monoisotopic (exact) mass is 467 g/mol. The van der Waals surface area contributed by atoms with E-state index in [4.69, 9.17) is 16.3 Å². The molecule has 33 heavy (non-hydrogen) atoms. The summed E-state index contributed by atoms with van der Waals surface area (Å²) in [6.45, 7) is 1.32. The van der Waals surface area contributed by atoms with Gasteiger partial charge in [0.15, 0.2) is 0 Å². The van der Waals surface area contributed by atoms with Gasteiger partial charge in [-0.25, -0.2) is 4.79 Å². The summed E-state index contributed by atoms with van der Waals surface area (Å²) in [5, 5.41) is 15.9. The van der Waals surface area contributed by atoms with Crippen LogP contribution in [-0.4, -0.2) is 47.3 Å². The highest BCUT2D eigenvalue weighted by Crippen LogP contribution is 2.30.